The number of anilines is 1. The number of fused-ring (bicyclic) bond motifs is 4. The molecule has 0 bridgehead atoms. The summed E-state index contributed by atoms with van der Waals surface area (Å²) in [4.78, 5) is 17.9. The van der Waals surface area contributed by atoms with Gasteiger partial charge in [-0.3, -0.25) is 4.79 Å². The van der Waals surface area contributed by atoms with Crippen molar-refractivity contribution in [1.29, 1.82) is 0 Å². The van der Waals surface area contributed by atoms with Crippen LogP contribution in [0.25, 0.3) is 10.9 Å². The molecule has 0 unspecified atom stereocenters. The second-order valence-corrected chi connectivity index (χ2v) is 9.90. The van der Waals surface area contributed by atoms with Crippen LogP contribution in [0.3, 0.4) is 0 Å². The number of H-pyrrole nitrogens is 1. The Morgan fingerprint density at radius 3 is 2.62 bits per heavy atom. The molecule has 0 amide bonds. The van der Waals surface area contributed by atoms with Crippen LogP contribution >= 0.6 is 15.9 Å². The number of nitrogens with zero attached hydrogens (tertiary/aromatic N) is 1. The molecule has 5 rings (SSSR count). The standard InChI is InChI=1S/C25H27BrN2O/c1-4-15-11-16-12-20-19-6-5-17(26)13-22(19)27-24(20)25(2,3)21(16)14-23(15)28-9-7-18(29)8-10-28/h5-6,11,13-14,27H,4,7-10,12H2,1-3H3. The van der Waals surface area contributed by atoms with Gasteiger partial charge in [0.1, 0.15) is 5.78 Å². The summed E-state index contributed by atoms with van der Waals surface area (Å²) in [5.74, 6) is 0.395. The number of ketones is 1. The highest BCUT2D eigenvalue weighted by molar-refractivity contribution is 9.10. The minimum absolute atomic E-state index is 0.0823. The van der Waals surface area contributed by atoms with Gasteiger partial charge in [0.15, 0.2) is 0 Å². The topological polar surface area (TPSA) is 36.1 Å². The zero-order valence-electron chi connectivity index (χ0n) is 17.4. The molecule has 0 saturated carbocycles. The van der Waals surface area contributed by atoms with Crippen molar-refractivity contribution in [2.24, 2.45) is 0 Å². The fraction of sp³-hybridized carbons (Fsp3) is 0.400. The smallest absolute Gasteiger partial charge is 0.136 e. The molecular weight excluding hydrogens is 424 g/mol. The maximum Gasteiger partial charge on any atom is 0.136 e. The molecule has 1 aromatic heterocycles. The lowest BCUT2D eigenvalue weighted by Crippen LogP contribution is -2.35. The first-order valence-electron chi connectivity index (χ1n) is 10.6. The van der Waals surface area contributed by atoms with Gasteiger partial charge >= 0.3 is 0 Å². The van der Waals surface area contributed by atoms with E-state index in [9.17, 15) is 4.79 Å². The Hall–Kier alpha value is -2.07. The van der Waals surface area contributed by atoms with Gasteiger partial charge in [-0.05, 0) is 46.9 Å². The number of carbonyl (C=O) groups excluding carboxylic acids is 1. The molecule has 150 valence electrons. The van der Waals surface area contributed by atoms with E-state index in [1.54, 1.807) is 0 Å². The van der Waals surface area contributed by atoms with Crippen molar-refractivity contribution in [2.45, 2.75) is 51.9 Å². The molecule has 2 heterocycles. The molecular formula is C25H27BrN2O. The zero-order chi connectivity index (χ0) is 20.3. The van der Waals surface area contributed by atoms with Crippen LogP contribution in [-0.4, -0.2) is 23.9 Å². The normalized spacial score (nSPS) is 18.1. The lowest BCUT2D eigenvalue weighted by atomic mass is 9.71. The average Bonchev–Trinajstić information content (AvgIpc) is 3.06. The maximum absolute atomic E-state index is 11.7. The van der Waals surface area contributed by atoms with Crippen LogP contribution < -0.4 is 4.90 Å². The first-order chi connectivity index (χ1) is 13.9. The summed E-state index contributed by atoms with van der Waals surface area (Å²) >= 11 is 3.61. The number of hydrogen-bond donors (Lipinski definition) is 1. The largest absolute Gasteiger partial charge is 0.370 e. The van der Waals surface area contributed by atoms with Crippen molar-refractivity contribution in [3.8, 4) is 0 Å². The van der Waals surface area contributed by atoms with Crippen LogP contribution in [0.1, 0.15) is 61.6 Å². The highest BCUT2D eigenvalue weighted by Crippen LogP contribution is 2.46. The van der Waals surface area contributed by atoms with Crippen LogP contribution in [0, 0.1) is 0 Å². The van der Waals surface area contributed by atoms with E-state index in [2.05, 4.69) is 76.9 Å². The van der Waals surface area contributed by atoms with Crippen molar-refractivity contribution >= 4 is 38.3 Å². The molecule has 2 aromatic carbocycles. The third-order valence-corrected chi connectivity index (χ3v) is 7.37. The molecule has 1 N–H and O–H groups in total. The highest BCUT2D eigenvalue weighted by Gasteiger charge is 2.36. The quantitative estimate of drug-likeness (QED) is 0.527. The van der Waals surface area contributed by atoms with Crippen molar-refractivity contribution in [3.05, 3.63) is 62.8 Å². The van der Waals surface area contributed by atoms with Crippen molar-refractivity contribution in [3.63, 3.8) is 0 Å². The van der Waals surface area contributed by atoms with Gasteiger partial charge in [0.2, 0.25) is 0 Å². The number of piperidine rings is 1. The van der Waals surface area contributed by atoms with Crippen molar-refractivity contribution in [1.82, 2.24) is 4.98 Å². The fourth-order valence-electron chi connectivity index (χ4n) is 5.26. The third-order valence-electron chi connectivity index (χ3n) is 6.88. The van der Waals surface area contributed by atoms with Crippen LogP contribution in [0.5, 0.6) is 0 Å². The molecule has 0 spiro atoms. The predicted molar refractivity (Wildman–Crippen MR) is 123 cm³/mol. The monoisotopic (exact) mass is 450 g/mol. The van der Waals surface area contributed by atoms with E-state index < -0.39 is 0 Å². The molecule has 1 fully saturated rings. The minimum Gasteiger partial charge on any atom is -0.370 e. The number of benzene rings is 2. The summed E-state index contributed by atoms with van der Waals surface area (Å²) in [6.45, 7) is 8.60. The molecule has 2 aliphatic rings. The van der Waals surface area contributed by atoms with Gasteiger partial charge in [0.05, 0.1) is 0 Å². The number of rotatable bonds is 2. The van der Waals surface area contributed by atoms with Gasteiger partial charge in [0.25, 0.3) is 0 Å². The molecule has 3 nitrogen and oxygen atoms in total. The first-order valence-corrected chi connectivity index (χ1v) is 11.4. The Kier molecular flexibility index (Phi) is 4.39. The van der Waals surface area contributed by atoms with Crippen LogP contribution in [-0.2, 0) is 23.1 Å². The lowest BCUT2D eigenvalue weighted by molar-refractivity contribution is -0.119. The summed E-state index contributed by atoms with van der Waals surface area (Å²) in [6.07, 6.45) is 3.33. The van der Waals surface area contributed by atoms with Crippen LogP contribution in [0.15, 0.2) is 34.8 Å². The van der Waals surface area contributed by atoms with Gasteiger partial charge < -0.3 is 9.88 Å². The zero-order valence-corrected chi connectivity index (χ0v) is 18.9. The van der Waals surface area contributed by atoms with E-state index in [1.807, 2.05) is 0 Å². The van der Waals surface area contributed by atoms with Gasteiger partial charge in [-0.2, -0.15) is 0 Å². The molecule has 4 heteroatoms. The lowest BCUT2D eigenvalue weighted by Gasteiger charge is -2.37. The number of aryl methyl sites for hydroxylation is 1. The molecule has 29 heavy (non-hydrogen) atoms. The number of halogens is 1. The van der Waals surface area contributed by atoms with Crippen molar-refractivity contribution < 1.29 is 4.79 Å². The number of aromatic amines is 1. The van der Waals surface area contributed by atoms with E-state index in [4.69, 9.17) is 0 Å². The number of hydrogen-bond acceptors (Lipinski definition) is 2. The Morgan fingerprint density at radius 1 is 1.14 bits per heavy atom. The average molecular weight is 451 g/mol. The molecule has 3 aromatic rings. The second-order valence-electron chi connectivity index (χ2n) is 8.99. The van der Waals surface area contributed by atoms with E-state index in [-0.39, 0.29) is 5.41 Å². The van der Waals surface area contributed by atoms with E-state index >= 15 is 0 Å². The van der Waals surface area contributed by atoms with Gasteiger partial charge in [-0.15, -0.1) is 0 Å². The molecule has 0 radical (unpaired) electrons. The summed E-state index contributed by atoms with van der Waals surface area (Å²) in [5.41, 5.74) is 9.48. The molecule has 1 saturated heterocycles. The predicted octanol–water partition coefficient (Wildman–Crippen LogP) is 5.89. The number of carbonyl (C=O) groups is 1. The SMILES string of the molecule is CCc1cc2c(cc1N1CCC(=O)CC1)C(C)(C)c1[nH]c3cc(Br)ccc3c1C2. The molecule has 1 aliphatic heterocycles. The Labute approximate surface area is 180 Å². The first kappa shape index (κ1) is 18.9. The summed E-state index contributed by atoms with van der Waals surface area (Å²) in [6, 6.07) is 11.4. The van der Waals surface area contributed by atoms with Gasteiger partial charge in [-0.25, -0.2) is 0 Å². The second kappa shape index (κ2) is 6.73. The Balaban J connectivity index is 1.65. The molecule has 0 atom stereocenters. The summed E-state index contributed by atoms with van der Waals surface area (Å²) < 4.78 is 1.11. The Bertz CT molecular complexity index is 1130. The van der Waals surface area contributed by atoms with E-state index in [0.717, 1.165) is 30.4 Å². The summed E-state index contributed by atoms with van der Waals surface area (Å²) in [5, 5.41) is 1.33. The van der Waals surface area contributed by atoms with Crippen molar-refractivity contribution in [2.75, 3.05) is 18.0 Å². The van der Waals surface area contributed by atoms with E-state index in [0.29, 0.717) is 18.6 Å². The van der Waals surface area contributed by atoms with Gasteiger partial charge in [-0.1, -0.05) is 48.8 Å². The van der Waals surface area contributed by atoms with Crippen LogP contribution in [0.4, 0.5) is 5.69 Å². The summed E-state index contributed by atoms with van der Waals surface area (Å²) in [7, 11) is 0. The fourth-order valence-corrected chi connectivity index (χ4v) is 5.62. The van der Waals surface area contributed by atoms with E-state index in [1.165, 1.54) is 44.5 Å². The third kappa shape index (κ3) is 2.95. The Morgan fingerprint density at radius 2 is 1.90 bits per heavy atom. The number of nitrogens with one attached hydrogen (secondary N) is 1. The molecule has 1 aliphatic carbocycles. The van der Waals surface area contributed by atoms with Crippen LogP contribution in [0.2, 0.25) is 0 Å². The minimum atomic E-state index is -0.0823. The highest BCUT2D eigenvalue weighted by atomic mass is 79.9. The maximum atomic E-state index is 11.7. The van der Waals surface area contributed by atoms with Gasteiger partial charge in [0, 0.05) is 64.5 Å². The number of Topliss-reactive ketones (excluding diaryl/α,β-unsaturated/α-hetero) is 1. The number of aromatic nitrogens is 1.